The predicted octanol–water partition coefficient (Wildman–Crippen LogP) is 1.84. The average Bonchev–Trinajstić information content (AvgIpc) is 2.91. The van der Waals surface area contributed by atoms with Crippen LogP contribution in [-0.4, -0.2) is 70.1 Å². The third-order valence-electron chi connectivity index (χ3n) is 6.21. The third-order valence-corrected chi connectivity index (χ3v) is 6.85. The SMILES string of the molecule is CSCCC(NC(=O)C(Cc1ccc(O)cc1)NC(=O)C(N)Cc1ccccc1)C(=O)NC(CC(C)C)C(=O)O. The van der Waals surface area contributed by atoms with Gasteiger partial charge in [0.2, 0.25) is 17.7 Å². The number of rotatable bonds is 16. The Morgan fingerprint density at radius 3 is 1.93 bits per heavy atom. The fourth-order valence-corrected chi connectivity index (χ4v) is 4.53. The van der Waals surface area contributed by atoms with Crippen LogP contribution in [0.25, 0.3) is 0 Å². The number of thioether (sulfide) groups is 1. The molecular weight excluding hydrogens is 532 g/mol. The van der Waals surface area contributed by atoms with Crippen LogP contribution in [0.5, 0.6) is 5.75 Å². The highest BCUT2D eigenvalue weighted by atomic mass is 32.2. The second kappa shape index (κ2) is 16.5. The molecule has 0 spiro atoms. The summed E-state index contributed by atoms with van der Waals surface area (Å²) in [4.78, 5) is 51.3. The van der Waals surface area contributed by atoms with Crippen LogP contribution < -0.4 is 21.7 Å². The van der Waals surface area contributed by atoms with Crippen molar-refractivity contribution in [2.24, 2.45) is 11.7 Å². The summed E-state index contributed by atoms with van der Waals surface area (Å²) in [6.45, 7) is 3.71. The molecular formula is C29H40N4O6S. The first-order valence-corrected chi connectivity index (χ1v) is 14.6. The first-order valence-electron chi connectivity index (χ1n) is 13.2. The van der Waals surface area contributed by atoms with Gasteiger partial charge in [0.1, 0.15) is 23.9 Å². The molecule has 2 aromatic carbocycles. The van der Waals surface area contributed by atoms with Crippen molar-refractivity contribution in [3.05, 3.63) is 65.7 Å². The number of aromatic hydroxyl groups is 1. The van der Waals surface area contributed by atoms with E-state index >= 15 is 0 Å². The zero-order valence-corrected chi connectivity index (χ0v) is 23.9. The van der Waals surface area contributed by atoms with Crippen molar-refractivity contribution in [1.29, 1.82) is 0 Å². The van der Waals surface area contributed by atoms with Crippen LogP contribution >= 0.6 is 11.8 Å². The fraction of sp³-hybridized carbons (Fsp3) is 0.448. The van der Waals surface area contributed by atoms with Gasteiger partial charge >= 0.3 is 5.97 Å². The number of carboxylic acids is 1. The molecule has 2 rings (SSSR count). The van der Waals surface area contributed by atoms with E-state index in [2.05, 4.69) is 16.0 Å². The number of nitrogens with two attached hydrogens (primary N) is 1. The Labute approximate surface area is 239 Å². The van der Waals surface area contributed by atoms with Gasteiger partial charge in [-0.1, -0.05) is 56.3 Å². The molecule has 0 aliphatic carbocycles. The number of phenols is 1. The average molecular weight is 573 g/mol. The molecule has 0 radical (unpaired) electrons. The normalized spacial score (nSPS) is 14.0. The van der Waals surface area contributed by atoms with Gasteiger partial charge in [0.05, 0.1) is 6.04 Å². The second-order valence-electron chi connectivity index (χ2n) is 10.1. The van der Waals surface area contributed by atoms with Crippen molar-refractivity contribution in [1.82, 2.24) is 16.0 Å². The third kappa shape index (κ3) is 11.3. The number of amides is 3. The predicted molar refractivity (Wildman–Crippen MR) is 156 cm³/mol. The first-order chi connectivity index (χ1) is 19.0. The lowest BCUT2D eigenvalue weighted by molar-refractivity contribution is -0.142. The van der Waals surface area contributed by atoms with Crippen LogP contribution in [0.4, 0.5) is 0 Å². The van der Waals surface area contributed by atoms with Crippen molar-refractivity contribution in [2.75, 3.05) is 12.0 Å². The largest absolute Gasteiger partial charge is 0.508 e. The molecule has 0 saturated heterocycles. The van der Waals surface area contributed by atoms with Crippen molar-refractivity contribution >= 4 is 35.5 Å². The molecule has 0 bridgehead atoms. The molecule has 3 amide bonds. The maximum atomic E-state index is 13.5. The molecule has 218 valence electrons. The van der Waals surface area contributed by atoms with Gasteiger partial charge < -0.3 is 31.9 Å². The fourth-order valence-electron chi connectivity index (χ4n) is 4.06. The Bertz CT molecular complexity index is 1110. The highest BCUT2D eigenvalue weighted by Crippen LogP contribution is 2.13. The molecule has 10 nitrogen and oxygen atoms in total. The Balaban J connectivity index is 2.22. The molecule has 7 N–H and O–H groups in total. The van der Waals surface area contributed by atoms with Crippen LogP contribution in [0.15, 0.2) is 54.6 Å². The maximum absolute atomic E-state index is 13.5. The molecule has 0 fully saturated rings. The molecule has 11 heteroatoms. The minimum Gasteiger partial charge on any atom is -0.508 e. The molecule has 40 heavy (non-hydrogen) atoms. The van der Waals surface area contributed by atoms with Gasteiger partial charge in [0, 0.05) is 6.42 Å². The molecule has 0 aliphatic rings. The number of carboxylic acid groups (broad SMARTS) is 1. The van der Waals surface area contributed by atoms with E-state index in [4.69, 9.17) is 5.73 Å². The number of aliphatic carboxylic acids is 1. The van der Waals surface area contributed by atoms with E-state index in [9.17, 15) is 29.4 Å². The number of nitrogens with one attached hydrogen (secondary N) is 3. The Hall–Kier alpha value is -3.57. The monoisotopic (exact) mass is 572 g/mol. The van der Waals surface area contributed by atoms with Crippen LogP contribution in [0.1, 0.15) is 37.8 Å². The Kier molecular flexibility index (Phi) is 13.5. The van der Waals surface area contributed by atoms with Crippen molar-refractivity contribution < 1.29 is 29.4 Å². The van der Waals surface area contributed by atoms with Gasteiger partial charge in [-0.2, -0.15) is 11.8 Å². The van der Waals surface area contributed by atoms with Gasteiger partial charge in [-0.05, 0) is 60.4 Å². The quantitative estimate of drug-likeness (QED) is 0.177. The van der Waals surface area contributed by atoms with Gasteiger partial charge in [0.25, 0.3) is 0 Å². The summed E-state index contributed by atoms with van der Waals surface area (Å²) in [5, 5.41) is 27.2. The molecule has 4 unspecified atom stereocenters. The lowest BCUT2D eigenvalue weighted by Gasteiger charge is -2.25. The van der Waals surface area contributed by atoms with Crippen LogP contribution in [-0.2, 0) is 32.0 Å². The number of hydrogen-bond donors (Lipinski definition) is 6. The van der Waals surface area contributed by atoms with E-state index < -0.39 is 47.9 Å². The van der Waals surface area contributed by atoms with Gasteiger partial charge in [-0.3, -0.25) is 14.4 Å². The number of benzene rings is 2. The zero-order chi connectivity index (χ0) is 29.7. The van der Waals surface area contributed by atoms with Crippen LogP contribution in [0, 0.1) is 5.92 Å². The van der Waals surface area contributed by atoms with Crippen molar-refractivity contribution in [2.45, 2.75) is 63.7 Å². The lowest BCUT2D eigenvalue weighted by Crippen LogP contribution is -2.58. The van der Waals surface area contributed by atoms with Gasteiger partial charge in [-0.15, -0.1) is 0 Å². The number of carbonyl (C=O) groups is 4. The summed E-state index contributed by atoms with van der Waals surface area (Å²) < 4.78 is 0. The summed E-state index contributed by atoms with van der Waals surface area (Å²) >= 11 is 1.48. The van der Waals surface area contributed by atoms with E-state index in [-0.39, 0.29) is 37.4 Å². The summed E-state index contributed by atoms with van der Waals surface area (Å²) in [5.74, 6) is -2.27. The Morgan fingerprint density at radius 2 is 1.35 bits per heavy atom. The lowest BCUT2D eigenvalue weighted by atomic mass is 10.0. The topological polar surface area (TPSA) is 171 Å². The molecule has 4 atom stereocenters. The number of phenolic OH excluding ortho intramolecular Hbond substituents is 1. The highest BCUT2D eigenvalue weighted by molar-refractivity contribution is 7.98. The minimum absolute atomic E-state index is 0.0330. The summed E-state index contributed by atoms with van der Waals surface area (Å²) in [7, 11) is 0. The van der Waals surface area contributed by atoms with E-state index in [1.54, 1.807) is 12.1 Å². The van der Waals surface area contributed by atoms with Crippen molar-refractivity contribution in [3.8, 4) is 5.75 Å². The van der Waals surface area contributed by atoms with Crippen LogP contribution in [0.2, 0.25) is 0 Å². The minimum atomic E-state index is -1.15. The summed E-state index contributed by atoms with van der Waals surface area (Å²) in [5.41, 5.74) is 7.69. The molecule has 0 heterocycles. The van der Waals surface area contributed by atoms with E-state index in [1.807, 2.05) is 50.4 Å². The smallest absolute Gasteiger partial charge is 0.326 e. The summed E-state index contributed by atoms with van der Waals surface area (Å²) in [6.07, 6.45) is 2.71. The maximum Gasteiger partial charge on any atom is 0.326 e. The first kappa shape index (κ1) is 32.6. The van der Waals surface area contributed by atoms with Crippen LogP contribution in [0.3, 0.4) is 0 Å². The van der Waals surface area contributed by atoms with Gasteiger partial charge in [-0.25, -0.2) is 4.79 Å². The zero-order valence-electron chi connectivity index (χ0n) is 23.1. The van der Waals surface area contributed by atoms with E-state index in [0.717, 1.165) is 5.56 Å². The standard InChI is InChI=1S/C29H40N4O6S/c1-18(2)15-25(29(38)39)33-27(36)23(13-14-40-3)31-28(37)24(17-20-9-11-21(34)12-10-20)32-26(35)22(30)16-19-7-5-4-6-8-19/h4-12,18,22-25,34H,13-17,30H2,1-3H3,(H,31,37)(H,32,35)(H,33,36)(H,38,39). The molecule has 0 aliphatic heterocycles. The second-order valence-corrected chi connectivity index (χ2v) is 11.1. The van der Waals surface area contributed by atoms with Crippen molar-refractivity contribution in [3.63, 3.8) is 0 Å². The van der Waals surface area contributed by atoms with Gasteiger partial charge in [0.15, 0.2) is 0 Å². The number of carbonyl (C=O) groups excluding carboxylic acids is 3. The molecule has 0 saturated carbocycles. The van der Waals surface area contributed by atoms with E-state index in [1.165, 1.54) is 23.9 Å². The van der Waals surface area contributed by atoms with E-state index in [0.29, 0.717) is 11.3 Å². The summed E-state index contributed by atoms with van der Waals surface area (Å²) in [6, 6.07) is 11.4. The molecule has 0 aromatic heterocycles. The number of hydrogen-bond acceptors (Lipinski definition) is 7. The highest BCUT2D eigenvalue weighted by Gasteiger charge is 2.30. The molecule has 2 aromatic rings. The Morgan fingerprint density at radius 1 is 0.800 bits per heavy atom.